The molecule has 0 fully saturated rings. The third kappa shape index (κ3) is 4.80. The summed E-state index contributed by atoms with van der Waals surface area (Å²) in [5.41, 5.74) is 3.06. The predicted octanol–water partition coefficient (Wildman–Crippen LogP) is 4.66. The van der Waals surface area contributed by atoms with Gasteiger partial charge in [0.2, 0.25) is 5.91 Å². The largest absolute Gasteiger partial charge is 0.457 e. The summed E-state index contributed by atoms with van der Waals surface area (Å²) in [4.78, 5) is 11.4. The second-order valence-electron chi connectivity index (χ2n) is 4.94. The molecule has 1 amide bonds. The predicted molar refractivity (Wildman–Crippen MR) is 86.4 cm³/mol. The van der Waals surface area contributed by atoms with Crippen molar-refractivity contribution < 1.29 is 9.53 Å². The van der Waals surface area contributed by atoms with Crippen molar-refractivity contribution in [2.75, 3.05) is 11.2 Å². The molecule has 0 saturated carbocycles. The van der Waals surface area contributed by atoms with Gasteiger partial charge in [0.1, 0.15) is 11.5 Å². The molecule has 1 N–H and O–H groups in total. The molecule has 2 aromatic carbocycles. The summed E-state index contributed by atoms with van der Waals surface area (Å²) < 4.78 is 5.81. The van der Waals surface area contributed by atoms with Gasteiger partial charge in [0, 0.05) is 18.0 Å². The Morgan fingerprint density at radius 2 is 1.67 bits per heavy atom. The maximum Gasteiger partial charge on any atom is 0.225 e. The molecule has 2 aromatic rings. The summed E-state index contributed by atoms with van der Waals surface area (Å²) in [6.07, 6.45) is 0.308. The first-order valence-corrected chi connectivity index (χ1v) is 7.32. The van der Waals surface area contributed by atoms with E-state index < -0.39 is 0 Å². The van der Waals surface area contributed by atoms with Gasteiger partial charge in [-0.05, 0) is 61.4 Å². The standard InChI is InChI=1S/C17H18ClNO2/c1-12-9-13(2)11-16(10-12)21-15-5-3-14(4-6-15)19-17(20)7-8-18/h3-6,9-11H,7-8H2,1-2H3,(H,19,20). The molecule has 0 aliphatic carbocycles. The molecule has 0 unspecified atom stereocenters. The summed E-state index contributed by atoms with van der Waals surface area (Å²) in [6, 6.07) is 13.4. The number of rotatable bonds is 5. The van der Waals surface area contributed by atoms with Crippen molar-refractivity contribution in [3.8, 4) is 11.5 Å². The van der Waals surface area contributed by atoms with Crippen LogP contribution in [0.3, 0.4) is 0 Å². The number of hydrogen-bond acceptors (Lipinski definition) is 2. The van der Waals surface area contributed by atoms with Crippen LogP contribution in [0.2, 0.25) is 0 Å². The molecule has 0 aromatic heterocycles. The molecule has 4 heteroatoms. The third-order valence-corrected chi connectivity index (χ3v) is 3.08. The van der Waals surface area contributed by atoms with Crippen LogP contribution < -0.4 is 10.1 Å². The Hall–Kier alpha value is -2.00. The van der Waals surface area contributed by atoms with Gasteiger partial charge in [-0.15, -0.1) is 11.6 Å². The van der Waals surface area contributed by atoms with Crippen LogP contribution in [0.1, 0.15) is 17.5 Å². The van der Waals surface area contributed by atoms with Crippen molar-refractivity contribution in [2.45, 2.75) is 20.3 Å². The highest BCUT2D eigenvalue weighted by Crippen LogP contribution is 2.25. The normalized spacial score (nSPS) is 10.2. The molecule has 0 saturated heterocycles. The fourth-order valence-electron chi connectivity index (χ4n) is 2.04. The molecule has 21 heavy (non-hydrogen) atoms. The minimum atomic E-state index is -0.0898. The molecule has 0 spiro atoms. The second kappa shape index (κ2) is 7.14. The van der Waals surface area contributed by atoms with Gasteiger partial charge in [-0.1, -0.05) is 6.07 Å². The summed E-state index contributed by atoms with van der Waals surface area (Å²) in [5.74, 6) is 1.77. The van der Waals surface area contributed by atoms with E-state index in [0.29, 0.717) is 12.3 Å². The monoisotopic (exact) mass is 303 g/mol. The minimum Gasteiger partial charge on any atom is -0.457 e. The molecule has 0 aliphatic rings. The van der Waals surface area contributed by atoms with E-state index in [1.54, 1.807) is 0 Å². The first-order chi connectivity index (χ1) is 10.1. The lowest BCUT2D eigenvalue weighted by Gasteiger charge is -2.09. The maximum atomic E-state index is 11.4. The van der Waals surface area contributed by atoms with Crippen molar-refractivity contribution in [1.82, 2.24) is 0 Å². The smallest absolute Gasteiger partial charge is 0.225 e. The SMILES string of the molecule is Cc1cc(C)cc(Oc2ccc(NC(=O)CCCl)cc2)c1. The van der Waals surface area contributed by atoms with E-state index in [9.17, 15) is 4.79 Å². The molecule has 2 rings (SSSR count). The highest BCUT2D eigenvalue weighted by Gasteiger charge is 2.03. The summed E-state index contributed by atoms with van der Waals surface area (Å²) in [5, 5.41) is 2.77. The van der Waals surface area contributed by atoms with E-state index in [-0.39, 0.29) is 5.91 Å². The number of alkyl halides is 1. The zero-order valence-corrected chi connectivity index (χ0v) is 12.9. The van der Waals surface area contributed by atoms with E-state index in [1.807, 2.05) is 50.2 Å². The van der Waals surface area contributed by atoms with Gasteiger partial charge in [0.15, 0.2) is 0 Å². The molecule has 3 nitrogen and oxygen atoms in total. The van der Waals surface area contributed by atoms with Gasteiger partial charge in [-0.3, -0.25) is 4.79 Å². The van der Waals surface area contributed by atoms with Crippen LogP contribution in [0.5, 0.6) is 11.5 Å². The lowest BCUT2D eigenvalue weighted by Crippen LogP contribution is -2.11. The van der Waals surface area contributed by atoms with Crippen LogP contribution in [0, 0.1) is 13.8 Å². The Labute approximate surface area is 129 Å². The molecule has 110 valence electrons. The summed E-state index contributed by atoms with van der Waals surface area (Å²) >= 11 is 5.52. The van der Waals surface area contributed by atoms with Gasteiger partial charge in [0.05, 0.1) is 0 Å². The van der Waals surface area contributed by atoms with Crippen LogP contribution in [0.15, 0.2) is 42.5 Å². The first kappa shape index (κ1) is 15.4. The van der Waals surface area contributed by atoms with E-state index in [1.165, 1.54) is 0 Å². The topological polar surface area (TPSA) is 38.3 Å². The van der Waals surface area contributed by atoms with Crippen LogP contribution in [-0.4, -0.2) is 11.8 Å². The number of ether oxygens (including phenoxy) is 1. The van der Waals surface area contributed by atoms with Crippen molar-refractivity contribution in [2.24, 2.45) is 0 Å². The maximum absolute atomic E-state index is 11.4. The van der Waals surface area contributed by atoms with E-state index >= 15 is 0 Å². The summed E-state index contributed by atoms with van der Waals surface area (Å²) in [6.45, 7) is 4.07. The molecule has 0 aliphatic heterocycles. The van der Waals surface area contributed by atoms with Crippen LogP contribution in [0.25, 0.3) is 0 Å². The molecule has 0 atom stereocenters. The average Bonchev–Trinajstić information content (AvgIpc) is 2.40. The number of hydrogen-bond donors (Lipinski definition) is 1. The van der Waals surface area contributed by atoms with Gasteiger partial charge in [-0.25, -0.2) is 0 Å². The van der Waals surface area contributed by atoms with Crippen molar-refractivity contribution in [3.63, 3.8) is 0 Å². The van der Waals surface area contributed by atoms with Crippen LogP contribution >= 0.6 is 11.6 Å². The lowest BCUT2D eigenvalue weighted by atomic mass is 10.1. The first-order valence-electron chi connectivity index (χ1n) is 6.79. The Morgan fingerprint density at radius 1 is 1.05 bits per heavy atom. The highest BCUT2D eigenvalue weighted by atomic mass is 35.5. The van der Waals surface area contributed by atoms with Gasteiger partial charge >= 0.3 is 0 Å². The van der Waals surface area contributed by atoms with Crippen LogP contribution in [-0.2, 0) is 4.79 Å². The average molecular weight is 304 g/mol. The molecule has 0 bridgehead atoms. The molecular formula is C17H18ClNO2. The Morgan fingerprint density at radius 3 is 2.24 bits per heavy atom. The van der Waals surface area contributed by atoms with E-state index in [4.69, 9.17) is 16.3 Å². The van der Waals surface area contributed by atoms with Gasteiger partial charge < -0.3 is 10.1 Å². The van der Waals surface area contributed by atoms with Crippen molar-refractivity contribution in [1.29, 1.82) is 0 Å². The van der Waals surface area contributed by atoms with Crippen LogP contribution in [0.4, 0.5) is 5.69 Å². The highest BCUT2D eigenvalue weighted by molar-refractivity contribution is 6.19. The Bertz CT molecular complexity index is 603. The van der Waals surface area contributed by atoms with Gasteiger partial charge in [-0.2, -0.15) is 0 Å². The third-order valence-electron chi connectivity index (χ3n) is 2.89. The number of carbonyl (C=O) groups excluding carboxylic acids is 1. The zero-order valence-electron chi connectivity index (χ0n) is 12.2. The number of nitrogens with one attached hydrogen (secondary N) is 1. The lowest BCUT2D eigenvalue weighted by molar-refractivity contribution is -0.115. The van der Waals surface area contributed by atoms with Crippen molar-refractivity contribution in [3.05, 3.63) is 53.6 Å². The number of amides is 1. The Balaban J connectivity index is 2.03. The summed E-state index contributed by atoms with van der Waals surface area (Å²) in [7, 11) is 0. The molecule has 0 heterocycles. The number of anilines is 1. The van der Waals surface area contributed by atoms with Gasteiger partial charge in [0.25, 0.3) is 0 Å². The number of benzene rings is 2. The van der Waals surface area contributed by atoms with E-state index in [2.05, 4.69) is 11.4 Å². The number of carbonyl (C=O) groups is 1. The number of aryl methyl sites for hydroxylation is 2. The Kier molecular flexibility index (Phi) is 5.23. The molecular weight excluding hydrogens is 286 g/mol. The fraction of sp³-hybridized carbons (Fsp3) is 0.235. The zero-order chi connectivity index (χ0) is 15.2. The fourth-order valence-corrected chi connectivity index (χ4v) is 2.22. The molecule has 0 radical (unpaired) electrons. The van der Waals surface area contributed by atoms with E-state index in [0.717, 1.165) is 28.3 Å². The second-order valence-corrected chi connectivity index (χ2v) is 5.31. The quantitative estimate of drug-likeness (QED) is 0.816. The number of halogens is 1. The minimum absolute atomic E-state index is 0.0898. The van der Waals surface area contributed by atoms with Crippen molar-refractivity contribution >= 4 is 23.2 Å².